The van der Waals surface area contributed by atoms with Gasteiger partial charge in [-0.25, -0.2) is 4.79 Å². The molecule has 3 unspecified atom stereocenters. The van der Waals surface area contributed by atoms with Crippen LogP contribution in [0.2, 0.25) is 0 Å². The zero-order valence-electron chi connectivity index (χ0n) is 9.16. The minimum atomic E-state index is -0.917. The number of esters is 1. The number of nitrogens with one attached hydrogen (secondary N) is 1. The van der Waals surface area contributed by atoms with Crippen molar-refractivity contribution in [2.24, 2.45) is 5.92 Å². The van der Waals surface area contributed by atoms with Gasteiger partial charge in [0.2, 0.25) is 5.91 Å². The van der Waals surface area contributed by atoms with Gasteiger partial charge in [0.05, 0.1) is 5.92 Å². The number of amides is 1. The zero-order chi connectivity index (χ0) is 11.3. The molecular weight excluding hydrogens is 194 g/mol. The Bertz CT molecular complexity index is 363. The molecule has 2 aliphatic rings. The Morgan fingerprint density at radius 1 is 1.53 bits per heavy atom. The first kappa shape index (κ1) is 10.2. The SMILES string of the molecule is C/C=C/C12NC(=O)C(CC)C1(C)OC2=O. The van der Waals surface area contributed by atoms with Crippen molar-refractivity contribution in [3.05, 3.63) is 12.2 Å². The molecule has 2 heterocycles. The third kappa shape index (κ3) is 0.919. The van der Waals surface area contributed by atoms with Gasteiger partial charge in [0.1, 0.15) is 0 Å². The summed E-state index contributed by atoms with van der Waals surface area (Å²) in [5.41, 5.74) is -1.62. The maximum Gasteiger partial charge on any atom is 0.340 e. The smallest absolute Gasteiger partial charge is 0.340 e. The van der Waals surface area contributed by atoms with E-state index in [-0.39, 0.29) is 17.8 Å². The second-order valence-electron chi connectivity index (χ2n) is 4.25. The number of rotatable bonds is 2. The van der Waals surface area contributed by atoms with Crippen molar-refractivity contribution < 1.29 is 14.3 Å². The fourth-order valence-electron chi connectivity index (χ4n) is 2.66. The highest BCUT2D eigenvalue weighted by atomic mass is 16.6. The number of carbonyl (C=O) groups is 2. The van der Waals surface area contributed by atoms with Crippen LogP contribution in [0.5, 0.6) is 0 Å². The molecule has 0 saturated carbocycles. The van der Waals surface area contributed by atoms with Crippen LogP contribution >= 0.6 is 0 Å². The van der Waals surface area contributed by atoms with Crippen molar-refractivity contribution in [3.63, 3.8) is 0 Å². The summed E-state index contributed by atoms with van der Waals surface area (Å²) >= 11 is 0. The Labute approximate surface area is 88.7 Å². The van der Waals surface area contributed by atoms with Gasteiger partial charge in [-0.2, -0.15) is 0 Å². The van der Waals surface area contributed by atoms with Crippen molar-refractivity contribution in [3.8, 4) is 0 Å². The van der Waals surface area contributed by atoms with Crippen LogP contribution in [0.3, 0.4) is 0 Å². The summed E-state index contributed by atoms with van der Waals surface area (Å²) in [6, 6.07) is 0. The van der Waals surface area contributed by atoms with E-state index in [1.54, 1.807) is 12.2 Å². The maximum absolute atomic E-state index is 11.7. The van der Waals surface area contributed by atoms with Crippen LogP contribution in [0.4, 0.5) is 0 Å². The molecule has 15 heavy (non-hydrogen) atoms. The van der Waals surface area contributed by atoms with Gasteiger partial charge in [-0.3, -0.25) is 4.79 Å². The first-order valence-corrected chi connectivity index (χ1v) is 5.21. The van der Waals surface area contributed by atoms with Gasteiger partial charge >= 0.3 is 5.97 Å². The van der Waals surface area contributed by atoms with E-state index in [0.717, 1.165) is 0 Å². The normalized spacial score (nSPS) is 43.5. The molecule has 0 aromatic rings. The molecule has 0 aromatic carbocycles. The predicted octanol–water partition coefficient (Wildman–Crippen LogP) is 0.773. The number of carbonyl (C=O) groups excluding carboxylic acids is 2. The van der Waals surface area contributed by atoms with E-state index in [2.05, 4.69) is 5.32 Å². The van der Waals surface area contributed by atoms with E-state index in [9.17, 15) is 9.59 Å². The highest BCUT2D eigenvalue weighted by molar-refractivity contribution is 6.02. The fourth-order valence-corrected chi connectivity index (χ4v) is 2.66. The quantitative estimate of drug-likeness (QED) is 0.540. The van der Waals surface area contributed by atoms with Crippen molar-refractivity contribution >= 4 is 11.9 Å². The molecule has 0 aliphatic carbocycles. The second-order valence-corrected chi connectivity index (χ2v) is 4.25. The number of hydrogen-bond acceptors (Lipinski definition) is 3. The molecule has 2 saturated heterocycles. The fraction of sp³-hybridized carbons (Fsp3) is 0.636. The van der Waals surface area contributed by atoms with Crippen LogP contribution in [-0.4, -0.2) is 23.0 Å². The molecule has 0 bridgehead atoms. The molecule has 3 atom stereocenters. The van der Waals surface area contributed by atoms with E-state index in [4.69, 9.17) is 4.74 Å². The minimum absolute atomic E-state index is 0.0936. The highest BCUT2D eigenvalue weighted by Gasteiger charge is 2.74. The van der Waals surface area contributed by atoms with Crippen molar-refractivity contribution in [1.29, 1.82) is 0 Å². The van der Waals surface area contributed by atoms with Gasteiger partial charge in [-0.1, -0.05) is 13.0 Å². The highest BCUT2D eigenvalue weighted by Crippen LogP contribution is 2.50. The van der Waals surface area contributed by atoms with Crippen LogP contribution in [-0.2, 0) is 14.3 Å². The lowest BCUT2D eigenvalue weighted by molar-refractivity contribution is -0.211. The summed E-state index contributed by atoms with van der Waals surface area (Å²) < 4.78 is 5.21. The molecule has 0 aromatic heterocycles. The predicted molar refractivity (Wildman–Crippen MR) is 54.0 cm³/mol. The van der Waals surface area contributed by atoms with Gasteiger partial charge in [0, 0.05) is 0 Å². The molecule has 2 aliphatic heterocycles. The van der Waals surface area contributed by atoms with Gasteiger partial charge in [0.15, 0.2) is 11.1 Å². The van der Waals surface area contributed by atoms with E-state index in [1.807, 2.05) is 20.8 Å². The van der Waals surface area contributed by atoms with Crippen LogP contribution in [0.15, 0.2) is 12.2 Å². The van der Waals surface area contributed by atoms with E-state index < -0.39 is 11.1 Å². The van der Waals surface area contributed by atoms with E-state index >= 15 is 0 Å². The average Bonchev–Trinajstić information content (AvgIpc) is 2.33. The Hall–Kier alpha value is -1.32. The lowest BCUT2D eigenvalue weighted by Crippen LogP contribution is -2.73. The lowest BCUT2D eigenvalue weighted by Gasteiger charge is -2.49. The molecular formula is C11H15NO3. The van der Waals surface area contributed by atoms with Gasteiger partial charge in [-0.05, 0) is 26.3 Å². The largest absolute Gasteiger partial charge is 0.453 e. The number of allylic oxidation sites excluding steroid dienone is 1. The number of ether oxygens (including phenoxy) is 1. The summed E-state index contributed by atoms with van der Waals surface area (Å²) in [5.74, 6) is -0.692. The molecule has 4 nitrogen and oxygen atoms in total. The molecule has 0 radical (unpaired) electrons. The topological polar surface area (TPSA) is 55.4 Å². The van der Waals surface area contributed by atoms with E-state index in [0.29, 0.717) is 6.42 Å². The first-order chi connectivity index (χ1) is 7.02. The monoisotopic (exact) mass is 209 g/mol. The van der Waals surface area contributed by atoms with Gasteiger partial charge in [0.25, 0.3) is 0 Å². The van der Waals surface area contributed by atoms with Crippen LogP contribution in [0.25, 0.3) is 0 Å². The lowest BCUT2D eigenvalue weighted by atomic mass is 9.71. The summed E-state index contributed by atoms with van der Waals surface area (Å²) in [7, 11) is 0. The van der Waals surface area contributed by atoms with Gasteiger partial charge < -0.3 is 10.1 Å². The summed E-state index contributed by atoms with van der Waals surface area (Å²) in [4.78, 5) is 23.3. The molecule has 1 N–H and O–H groups in total. The molecule has 2 fully saturated rings. The Kier molecular flexibility index (Phi) is 1.93. The van der Waals surface area contributed by atoms with Crippen LogP contribution < -0.4 is 5.32 Å². The zero-order valence-corrected chi connectivity index (χ0v) is 9.16. The third-order valence-electron chi connectivity index (χ3n) is 3.54. The summed E-state index contributed by atoms with van der Waals surface area (Å²) in [5, 5.41) is 2.76. The van der Waals surface area contributed by atoms with Crippen LogP contribution in [0.1, 0.15) is 27.2 Å². The molecule has 1 amide bonds. The summed E-state index contributed by atoms with van der Waals surface area (Å²) in [6.45, 7) is 5.57. The van der Waals surface area contributed by atoms with Gasteiger partial charge in [-0.15, -0.1) is 0 Å². The first-order valence-electron chi connectivity index (χ1n) is 5.21. The summed E-state index contributed by atoms with van der Waals surface area (Å²) in [6.07, 6.45) is 4.18. The third-order valence-corrected chi connectivity index (χ3v) is 3.54. The van der Waals surface area contributed by atoms with Crippen molar-refractivity contribution in [1.82, 2.24) is 5.32 Å². The Morgan fingerprint density at radius 3 is 2.67 bits per heavy atom. The minimum Gasteiger partial charge on any atom is -0.453 e. The van der Waals surface area contributed by atoms with Crippen molar-refractivity contribution in [2.75, 3.05) is 0 Å². The number of fused-ring (bicyclic) bond motifs is 1. The molecule has 82 valence electrons. The number of hydrogen-bond donors (Lipinski definition) is 1. The van der Waals surface area contributed by atoms with E-state index in [1.165, 1.54) is 0 Å². The van der Waals surface area contributed by atoms with Crippen LogP contribution in [0, 0.1) is 5.92 Å². The standard InChI is InChI=1S/C11H15NO3/c1-4-6-11-9(14)15-10(11,3)7(5-2)8(13)12-11/h4,6-7H,5H2,1-3H3,(H,12,13)/b6-4+. The maximum atomic E-state index is 11.7. The molecule has 0 spiro atoms. The van der Waals surface area contributed by atoms with Crippen molar-refractivity contribution in [2.45, 2.75) is 38.3 Å². The Morgan fingerprint density at radius 2 is 2.20 bits per heavy atom. The second kappa shape index (κ2) is 2.84. The average molecular weight is 209 g/mol. The molecule has 4 heteroatoms. The Balaban J connectivity index is 2.46. The molecule has 2 rings (SSSR count).